The third kappa shape index (κ3) is 2.97. The Kier molecular flexibility index (Phi) is 3.52. The van der Waals surface area contributed by atoms with Crippen molar-refractivity contribution in [2.24, 2.45) is 11.8 Å². The summed E-state index contributed by atoms with van der Waals surface area (Å²) in [7, 11) is -2.81. The zero-order valence-electron chi connectivity index (χ0n) is 9.44. The first-order chi connectivity index (χ1) is 7.57. The summed E-state index contributed by atoms with van der Waals surface area (Å²) in [5.74, 6) is 0.977. The molecule has 1 heterocycles. The number of amides is 1. The average molecular weight is 245 g/mol. The number of hydrogen-bond acceptors (Lipinski definition) is 3. The molecule has 0 aromatic rings. The van der Waals surface area contributed by atoms with Crippen LogP contribution in [0.5, 0.6) is 0 Å². The van der Waals surface area contributed by atoms with Crippen LogP contribution >= 0.6 is 0 Å². The Hall–Kier alpha value is -0.580. The van der Waals surface area contributed by atoms with Crippen LogP contribution in [0, 0.1) is 11.8 Å². The molecule has 2 fully saturated rings. The fourth-order valence-corrected chi connectivity index (χ4v) is 4.47. The van der Waals surface area contributed by atoms with Crippen molar-refractivity contribution < 1.29 is 13.2 Å². The van der Waals surface area contributed by atoms with Crippen LogP contribution < -0.4 is 5.32 Å². The molecule has 1 saturated carbocycles. The van der Waals surface area contributed by atoms with Crippen LogP contribution in [0.1, 0.15) is 32.1 Å². The second-order valence-corrected chi connectivity index (χ2v) is 7.22. The molecular weight excluding hydrogens is 226 g/mol. The van der Waals surface area contributed by atoms with Crippen molar-refractivity contribution in [3.05, 3.63) is 0 Å². The Morgan fingerprint density at radius 2 is 1.88 bits per heavy atom. The first kappa shape index (κ1) is 11.9. The van der Waals surface area contributed by atoms with Crippen LogP contribution in [0.4, 0.5) is 0 Å². The maximum absolute atomic E-state index is 11.7. The van der Waals surface area contributed by atoms with Crippen molar-refractivity contribution in [2.75, 3.05) is 18.1 Å². The van der Waals surface area contributed by atoms with Crippen molar-refractivity contribution in [2.45, 2.75) is 32.1 Å². The fourth-order valence-electron chi connectivity index (χ4n) is 2.61. The van der Waals surface area contributed by atoms with Gasteiger partial charge in [-0.1, -0.05) is 12.8 Å². The van der Waals surface area contributed by atoms with Crippen LogP contribution in [0.15, 0.2) is 0 Å². The number of nitrogens with one attached hydrogen (secondary N) is 1. The van der Waals surface area contributed by atoms with Gasteiger partial charge in [-0.3, -0.25) is 4.79 Å². The molecule has 0 bridgehead atoms. The third-order valence-electron chi connectivity index (χ3n) is 3.62. The summed E-state index contributed by atoms with van der Waals surface area (Å²) in [6.07, 6.45) is 4.99. The fraction of sp³-hybridized carbons (Fsp3) is 0.909. The molecule has 1 saturated heterocycles. The van der Waals surface area contributed by atoms with Crippen molar-refractivity contribution in [3.8, 4) is 0 Å². The van der Waals surface area contributed by atoms with Gasteiger partial charge in [-0.15, -0.1) is 0 Å². The Labute approximate surface area is 96.7 Å². The largest absolute Gasteiger partial charge is 0.356 e. The van der Waals surface area contributed by atoms with Crippen LogP contribution in [-0.4, -0.2) is 32.4 Å². The maximum atomic E-state index is 11.7. The van der Waals surface area contributed by atoms with Gasteiger partial charge in [-0.05, 0) is 25.2 Å². The summed E-state index contributed by atoms with van der Waals surface area (Å²) in [5.41, 5.74) is 0. The Balaban J connectivity index is 1.73. The van der Waals surface area contributed by atoms with Crippen LogP contribution in [0.3, 0.4) is 0 Å². The number of carbonyl (C=O) groups is 1. The summed E-state index contributed by atoms with van der Waals surface area (Å²) in [6.45, 7) is 0.536. The molecule has 0 aromatic heterocycles. The van der Waals surface area contributed by atoms with Gasteiger partial charge in [0.2, 0.25) is 5.91 Å². The SMILES string of the molecule is O=C(NC[C@H]1CCS(=O)(=O)C1)C1CCCC1. The summed E-state index contributed by atoms with van der Waals surface area (Å²) in [4.78, 5) is 11.7. The van der Waals surface area contributed by atoms with Gasteiger partial charge in [-0.25, -0.2) is 8.42 Å². The highest BCUT2D eigenvalue weighted by Crippen LogP contribution is 2.25. The first-order valence-corrected chi connectivity index (χ1v) is 7.87. The highest BCUT2D eigenvalue weighted by Gasteiger charge is 2.29. The Morgan fingerprint density at radius 1 is 1.19 bits per heavy atom. The number of hydrogen-bond donors (Lipinski definition) is 1. The molecule has 4 nitrogen and oxygen atoms in total. The van der Waals surface area contributed by atoms with Gasteiger partial charge < -0.3 is 5.32 Å². The van der Waals surface area contributed by atoms with Gasteiger partial charge in [0.1, 0.15) is 0 Å². The minimum absolute atomic E-state index is 0.127. The second-order valence-electron chi connectivity index (χ2n) is 5.00. The predicted octanol–water partition coefficient (Wildman–Crippen LogP) is 0.727. The van der Waals surface area contributed by atoms with Crippen molar-refractivity contribution in [3.63, 3.8) is 0 Å². The Bertz CT molecular complexity index is 357. The van der Waals surface area contributed by atoms with Crippen LogP contribution in [0.25, 0.3) is 0 Å². The van der Waals surface area contributed by atoms with Gasteiger partial charge in [-0.2, -0.15) is 0 Å². The maximum Gasteiger partial charge on any atom is 0.223 e. The summed E-state index contributed by atoms with van der Waals surface area (Å²) in [5, 5.41) is 2.90. The predicted molar refractivity (Wildman–Crippen MR) is 61.7 cm³/mol. The molecule has 1 N–H and O–H groups in total. The van der Waals surface area contributed by atoms with Gasteiger partial charge >= 0.3 is 0 Å². The molecular formula is C11H19NO3S. The lowest BCUT2D eigenvalue weighted by atomic mass is 10.1. The molecule has 1 aliphatic heterocycles. The highest BCUT2D eigenvalue weighted by molar-refractivity contribution is 7.91. The topological polar surface area (TPSA) is 63.2 Å². The molecule has 1 amide bonds. The minimum Gasteiger partial charge on any atom is -0.356 e. The van der Waals surface area contributed by atoms with Crippen LogP contribution in [-0.2, 0) is 14.6 Å². The molecule has 16 heavy (non-hydrogen) atoms. The molecule has 0 spiro atoms. The summed E-state index contributed by atoms with van der Waals surface area (Å²) < 4.78 is 22.5. The van der Waals surface area contributed by atoms with E-state index in [1.54, 1.807) is 0 Å². The minimum atomic E-state index is -2.81. The molecule has 5 heteroatoms. The van der Waals surface area contributed by atoms with E-state index in [1.807, 2.05) is 0 Å². The van der Waals surface area contributed by atoms with Gasteiger partial charge in [0.15, 0.2) is 9.84 Å². The summed E-state index contributed by atoms with van der Waals surface area (Å²) >= 11 is 0. The zero-order valence-corrected chi connectivity index (χ0v) is 10.3. The van der Waals surface area contributed by atoms with E-state index in [4.69, 9.17) is 0 Å². The lowest BCUT2D eigenvalue weighted by molar-refractivity contribution is -0.124. The van der Waals surface area contributed by atoms with E-state index in [0.717, 1.165) is 25.7 Å². The molecule has 0 aromatic carbocycles. The first-order valence-electron chi connectivity index (χ1n) is 6.05. The molecule has 0 unspecified atom stereocenters. The normalized spacial score (nSPS) is 29.4. The van der Waals surface area contributed by atoms with E-state index in [9.17, 15) is 13.2 Å². The van der Waals surface area contributed by atoms with E-state index in [0.29, 0.717) is 13.0 Å². The number of sulfone groups is 1. The molecule has 92 valence electrons. The van der Waals surface area contributed by atoms with E-state index < -0.39 is 9.84 Å². The third-order valence-corrected chi connectivity index (χ3v) is 5.45. The molecule has 0 radical (unpaired) electrons. The second kappa shape index (κ2) is 4.73. The Morgan fingerprint density at radius 3 is 2.44 bits per heavy atom. The quantitative estimate of drug-likeness (QED) is 0.797. The zero-order chi connectivity index (χ0) is 11.6. The molecule has 1 aliphatic carbocycles. The lowest BCUT2D eigenvalue weighted by Crippen LogP contribution is -2.33. The van der Waals surface area contributed by atoms with Gasteiger partial charge in [0.05, 0.1) is 11.5 Å². The molecule has 2 rings (SSSR count). The number of carbonyl (C=O) groups excluding carboxylic acids is 1. The van der Waals surface area contributed by atoms with Gasteiger partial charge in [0, 0.05) is 12.5 Å². The highest BCUT2D eigenvalue weighted by atomic mass is 32.2. The number of rotatable bonds is 3. The van der Waals surface area contributed by atoms with E-state index in [2.05, 4.69) is 5.32 Å². The van der Waals surface area contributed by atoms with Crippen molar-refractivity contribution in [1.82, 2.24) is 5.32 Å². The smallest absolute Gasteiger partial charge is 0.223 e. The van der Waals surface area contributed by atoms with Gasteiger partial charge in [0.25, 0.3) is 0 Å². The standard InChI is InChI=1S/C11H19NO3S/c13-11(10-3-1-2-4-10)12-7-9-5-6-16(14,15)8-9/h9-10H,1-8H2,(H,12,13)/t9-/m1/s1. The van der Waals surface area contributed by atoms with E-state index in [-0.39, 0.29) is 29.2 Å². The van der Waals surface area contributed by atoms with Crippen LogP contribution in [0.2, 0.25) is 0 Å². The average Bonchev–Trinajstić information content (AvgIpc) is 2.83. The van der Waals surface area contributed by atoms with E-state index >= 15 is 0 Å². The lowest BCUT2D eigenvalue weighted by Gasteiger charge is -2.13. The monoisotopic (exact) mass is 245 g/mol. The van der Waals surface area contributed by atoms with Crippen molar-refractivity contribution >= 4 is 15.7 Å². The van der Waals surface area contributed by atoms with Crippen molar-refractivity contribution in [1.29, 1.82) is 0 Å². The molecule has 2 aliphatic rings. The van der Waals surface area contributed by atoms with E-state index in [1.165, 1.54) is 0 Å². The molecule has 1 atom stereocenters. The summed E-state index contributed by atoms with van der Waals surface area (Å²) in [6, 6.07) is 0.